The summed E-state index contributed by atoms with van der Waals surface area (Å²) in [6.07, 6.45) is 8.93. The topological polar surface area (TPSA) is 20.2 Å². The minimum atomic E-state index is 0. The molecule has 70 valence electrons. The van der Waals surface area contributed by atoms with Crippen molar-refractivity contribution >= 4 is 0 Å². The molecule has 0 aromatic carbocycles. The Morgan fingerprint density at radius 3 is 1.73 bits per heavy atom. The van der Waals surface area contributed by atoms with Gasteiger partial charge in [0.05, 0.1) is 0 Å². The molecule has 0 aliphatic carbocycles. The first-order valence-electron chi connectivity index (χ1n) is 4.52. The Bertz CT molecular complexity index is 49.5. The average Bonchev–Trinajstić information content (AvgIpc) is 1.97. The fraction of sp³-hybridized carbons (Fsp3) is 1.00. The number of rotatable bonds is 7. The molecule has 0 aliphatic rings. The lowest BCUT2D eigenvalue weighted by molar-refractivity contribution is 0.282. The van der Waals surface area contributed by atoms with Crippen LogP contribution in [0.5, 0.6) is 0 Å². The van der Waals surface area contributed by atoms with Crippen LogP contribution >= 0.6 is 0 Å². The normalized spacial score (nSPS) is 9.27. The summed E-state index contributed by atoms with van der Waals surface area (Å²) in [7, 11) is 0. The van der Waals surface area contributed by atoms with Gasteiger partial charge in [0.15, 0.2) is 0 Å². The van der Waals surface area contributed by atoms with E-state index >= 15 is 0 Å². The summed E-state index contributed by atoms with van der Waals surface area (Å²) < 4.78 is 0. The molecule has 0 amide bonds. The Morgan fingerprint density at radius 2 is 1.27 bits per heavy atom. The van der Waals surface area contributed by atoms with E-state index in [0.717, 1.165) is 6.42 Å². The maximum Gasteiger partial charge on any atom is 0.0431 e. The molecule has 2 heteroatoms. The third-order valence-corrected chi connectivity index (χ3v) is 1.76. The highest BCUT2D eigenvalue weighted by Gasteiger charge is 1.88. The lowest BCUT2D eigenvalue weighted by Gasteiger charge is -1.97. The molecule has 0 saturated heterocycles. The fourth-order valence-electron chi connectivity index (χ4n) is 1.07. The maximum absolute atomic E-state index is 8.47. The van der Waals surface area contributed by atoms with E-state index in [0.29, 0.717) is 6.61 Å². The number of hydrogen-bond donors (Lipinski definition) is 1. The first-order valence-corrected chi connectivity index (χ1v) is 4.52. The van der Waals surface area contributed by atoms with Crippen molar-refractivity contribution in [2.24, 2.45) is 0 Å². The highest BCUT2D eigenvalue weighted by molar-refractivity contribution is 4.43. The average molecular weight is 164 g/mol. The molecule has 0 bridgehead atoms. The minimum absolute atomic E-state index is 0. The molecular weight excluding hydrogens is 143 g/mol. The highest BCUT2D eigenvalue weighted by Crippen LogP contribution is 2.05. The summed E-state index contributed by atoms with van der Waals surface area (Å²) in [4.78, 5) is 0. The quantitative estimate of drug-likeness (QED) is 0.574. The number of unbranched alkanes of at least 4 members (excludes halogenated alkanes) is 6. The Kier molecular flexibility index (Phi) is 15.4. The summed E-state index contributed by atoms with van der Waals surface area (Å²) in [6.45, 7) is 2.60. The van der Waals surface area contributed by atoms with Gasteiger partial charge in [-0.3, -0.25) is 4.70 Å². The van der Waals surface area contributed by atoms with E-state index in [-0.39, 0.29) is 4.70 Å². The van der Waals surface area contributed by atoms with Crippen LogP contribution in [-0.2, 0) is 0 Å². The van der Waals surface area contributed by atoms with Crippen molar-refractivity contribution in [3.8, 4) is 0 Å². The molecule has 1 N–H and O–H groups in total. The Morgan fingerprint density at radius 1 is 0.818 bits per heavy atom. The van der Waals surface area contributed by atoms with Gasteiger partial charge >= 0.3 is 0 Å². The maximum atomic E-state index is 8.47. The fourth-order valence-corrected chi connectivity index (χ4v) is 1.07. The van der Waals surface area contributed by atoms with Gasteiger partial charge in [-0.15, -0.1) is 0 Å². The molecule has 0 aromatic rings. The van der Waals surface area contributed by atoms with Crippen LogP contribution in [0.3, 0.4) is 0 Å². The third kappa shape index (κ3) is 13.0. The molecular formula is C9H21FO. The number of aliphatic hydroxyl groups excluding tert-OH is 1. The molecule has 1 nitrogen and oxygen atoms in total. The first-order chi connectivity index (χ1) is 4.91. The van der Waals surface area contributed by atoms with Crippen molar-refractivity contribution in [3.63, 3.8) is 0 Å². The molecule has 11 heavy (non-hydrogen) atoms. The summed E-state index contributed by atoms with van der Waals surface area (Å²) in [5.74, 6) is 0. The summed E-state index contributed by atoms with van der Waals surface area (Å²) >= 11 is 0. The van der Waals surface area contributed by atoms with Gasteiger partial charge in [0.2, 0.25) is 0 Å². The van der Waals surface area contributed by atoms with Gasteiger partial charge in [0, 0.05) is 6.61 Å². The monoisotopic (exact) mass is 164 g/mol. The number of hydrogen-bond acceptors (Lipinski definition) is 1. The lowest BCUT2D eigenvalue weighted by Crippen LogP contribution is -1.83. The minimum Gasteiger partial charge on any atom is -0.396 e. The summed E-state index contributed by atoms with van der Waals surface area (Å²) in [6, 6.07) is 0. The first kappa shape index (κ1) is 13.5. The molecule has 0 rings (SSSR count). The van der Waals surface area contributed by atoms with Crippen LogP contribution in [0.2, 0.25) is 0 Å². The van der Waals surface area contributed by atoms with E-state index in [1.165, 1.54) is 38.5 Å². The molecule has 0 atom stereocenters. The van der Waals surface area contributed by atoms with Gasteiger partial charge in [0.1, 0.15) is 0 Å². The molecule has 0 saturated carbocycles. The Balaban J connectivity index is 0. The molecule has 0 aromatic heterocycles. The van der Waals surface area contributed by atoms with E-state index in [1.807, 2.05) is 0 Å². The predicted molar refractivity (Wildman–Crippen MR) is 47.6 cm³/mol. The Hall–Kier alpha value is -0.110. The Labute approximate surface area is 69.2 Å². The largest absolute Gasteiger partial charge is 0.396 e. The van der Waals surface area contributed by atoms with Crippen LogP contribution in [-0.4, -0.2) is 11.7 Å². The zero-order chi connectivity index (χ0) is 7.66. The number of aliphatic hydroxyl groups is 1. The van der Waals surface area contributed by atoms with E-state index in [1.54, 1.807) is 0 Å². The lowest BCUT2D eigenvalue weighted by atomic mass is 10.1. The highest BCUT2D eigenvalue weighted by atomic mass is 19.0. The molecule has 0 heterocycles. The predicted octanol–water partition coefficient (Wildman–Crippen LogP) is 2.88. The van der Waals surface area contributed by atoms with Crippen molar-refractivity contribution in [2.45, 2.75) is 51.9 Å². The van der Waals surface area contributed by atoms with Crippen LogP contribution < -0.4 is 0 Å². The zero-order valence-electron chi connectivity index (χ0n) is 7.51. The van der Waals surface area contributed by atoms with E-state index in [9.17, 15) is 0 Å². The molecule has 0 aliphatic heterocycles. The van der Waals surface area contributed by atoms with Gasteiger partial charge in [-0.25, -0.2) is 0 Å². The second-order valence-electron chi connectivity index (χ2n) is 2.84. The standard InChI is InChI=1S/C9H20O.FH/c1-2-3-4-5-6-7-8-9-10;/h10H,2-9H2,1H3;1H. The van der Waals surface area contributed by atoms with Crippen molar-refractivity contribution in [1.29, 1.82) is 0 Å². The van der Waals surface area contributed by atoms with E-state index in [4.69, 9.17) is 5.11 Å². The molecule has 0 spiro atoms. The van der Waals surface area contributed by atoms with Gasteiger partial charge in [-0.2, -0.15) is 0 Å². The summed E-state index contributed by atoms with van der Waals surface area (Å²) in [5.41, 5.74) is 0. The smallest absolute Gasteiger partial charge is 0.0431 e. The number of halogens is 1. The third-order valence-electron chi connectivity index (χ3n) is 1.76. The van der Waals surface area contributed by atoms with Crippen molar-refractivity contribution in [2.75, 3.05) is 6.61 Å². The molecule has 0 unspecified atom stereocenters. The van der Waals surface area contributed by atoms with Crippen molar-refractivity contribution < 1.29 is 9.81 Å². The zero-order valence-corrected chi connectivity index (χ0v) is 7.51. The van der Waals surface area contributed by atoms with Gasteiger partial charge in [-0.05, 0) is 6.42 Å². The van der Waals surface area contributed by atoms with Crippen LogP contribution in [0.25, 0.3) is 0 Å². The van der Waals surface area contributed by atoms with Gasteiger partial charge < -0.3 is 5.11 Å². The summed E-state index contributed by atoms with van der Waals surface area (Å²) in [5, 5.41) is 8.47. The second-order valence-corrected chi connectivity index (χ2v) is 2.84. The van der Waals surface area contributed by atoms with Crippen LogP contribution in [0.4, 0.5) is 4.70 Å². The van der Waals surface area contributed by atoms with Crippen LogP contribution in [0, 0.1) is 0 Å². The van der Waals surface area contributed by atoms with Crippen molar-refractivity contribution in [1.82, 2.24) is 0 Å². The van der Waals surface area contributed by atoms with Gasteiger partial charge in [-0.1, -0.05) is 45.4 Å². The SMILES string of the molecule is CCCCCCCCCO.F. The van der Waals surface area contributed by atoms with Gasteiger partial charge in [0.25, 0.3) is 0 Å². The van der Waals surface area contributed by atoms with Crippen LogP contribution in [0.15, 0.2) is 0 Å². The van der Waals surface area contributed by atoms with E-state index < -0.39 is 0 Å². The van der Waals surface area contributed by atoms with Crippen LogP contribution in [0.1, 0.15) is 51.9 Å². The molecule has 0 fully saturated rings. The molecule has 0 radical (unpaired) electrons. The van der Waals surface area contributed by atoms with Crippen molar-refractivity contribution in [3.05, 3.63) is 0 Å². The second kappa shape index (κ2) is 12.6. The van der Waals surface area contributed by atoms with E-state index in [2.05, 4.69) is 6.92 Å².